The highest BCUT2D eigenvalue weighted by Crippen LogP contribution is 2.16. The van der Waals surface area contributed by atoms with Crippen LogP contribution in [0.3, 0.4) is 0 Å². The van der Waals surface area contributed by atoms with Gasteiger partial charge < -0.3 is 15.0 Å². The first-order valence-corrected chi connectivity index (χ1v) is 6.31. The van der Waals surface area contributed by atoms with E-state index in [0.717, 1.165) is 5.56 Å². The Morgan fingerprint density at radius 3 is 2.84 bits per heavy atom. The third-order valence-electron chi connectivity index (χ3n) is 3.23. The summed E-state index contributed by atoms with van der Waals surface area (Å²) in [5.41, 5.74) is 2.31. The van der Waals surface area contributed by atoms with Crippen LogP contribution >= 0.6 is 0 Å². The summed E-state index contributed by atoms with van der Waals surface area (Å²) in [6.45, 7) is 5.16. The van der Waals surface area contributed by atoms with Gasteiger partial charge in [0.05, 0.1) is 6.54 Å². The second-order valence-electron chi connectivity index (χ2n) is 4.70. The summed E-state index contributed by atoms with van der Waals surface area (Å²) in [4.78, 5) is 24.6. The topological polar surface area (TPSA) is 58.6 Å². The van der Waals surface area contributed by atoms with E-state index in [1.807, 2.05) is 32.0 Å². The number of nitrogens with one attached hydrogen (secondary N) is 1. The maximum absolute atomic E-state index is 11.9. The minimum Gasteiger partial charge on any atom is -0.484 e. The maximum atomic E-state index is 11.9. The van der Waals surface area contributed by atoms with Crippen LogP contribution in [0.4, 0.5) is 0 Å². The predicted octanol–water partition coefficient (Wildman–Crippen LogP) is 0.641. The van der Waals surface area contributed by atoms with Gasteiger partial charge in [-0.1, -0.05) is 6.07 Å². The summed E-state index contributed by atoms with van der Waals surface area (Å²) in [7, 11) is 0. The normalized spacial score (nSPS) is 15.1. The van der Waals surface area contributed by atoms with Gasteiger partial charge in [0.15, 0.2) is 6.61 Å². The van der Waals surface area contributed by atoms with Crippen molar-refractivity contribution >= 4 is 11.8 Å². The first-order chi connectivity index (χ1) is 9.06. The third kappa shape index (κ3) is 3.47. The molecule has 1 fully saturated rings. The molecule has 5 nitrogen and oxygen atoms in total. The average molecular weight is 262 g/mol. The van der Waals surface area contributed by atoms with Gasteiger partial charge in [-0.25, -0.2) is 0 Å². The lowest BCUT2D eigenvalue weighted by Gasteiger charge is -2.26. The van der Waals surface area contributed by atoms with Crippen LogP contribution in [0.1, 0.15) is 11.1 Å². The molecule has 1 aliphatic rings. The highest BCUT2D eigenvalue weighted by atomic mass is 16.5. The van der Waals surface area contributed by atoms with E-state index in [1.165, 1.54) is 10.5 Å². The van der Waals surface area contributed by atoms with E-state index in [2.05, 4.69) is 5.32 Å². The fourth-order valence-electron chi connectivity index (χ4n) is 1.89. The van der Waals surface area contributed by atoms with E-state index in [1.54, 1.807) is 0 Å². The minimum absolute atomic E-state index is 0.0320. The number of hydrogen-bond acceptors (Lipinski definition) is 3. The van der Waals surface area contributed by atoms with Crippen LogP contribution in [-0.2, 0) is 9.59 Å². The van der Waals surface area contributed by atoms with Gasteiger partial charge in [-0.3, -0.25) is 9.59 Å². The number of piperazine rings is 1. The molecular formula is C14H18N2O3. The Hall–Kier alpha value is -2.04. The van der Waals surface area contributed by atoms with Crippen molar-refractivity contribution < 1.29 is 14.3 Å². The van der Waals surface area contributed by atoms with E-state index in [-0.39, 0.29) is 25.0 Å². The van der Waals surface area contributed by atoms with E-state index in [0.29, 0.717) is 18.8 Å². The van der Waals surface area contributed by atoms with Gasteiger partial charge in [0.2, 0.25) is 5.91 Å². The molecule has 1 aromatic rings. The molecular weight excluding hydrogens is 244 g/mol. The maximum Gasteiger partial charge on any atom is 0.261 e. The highest BCUT2D eigenvalue weighted by Gasteiger charge is 2.21. The molecule has 2 rings (SSSR count). The van der Waals surface area contributed by atoms with Gasteiger partial charge in [-0.2, -0.15) is 0 Å². The summed E-state index contributed by atoms with van der Waals surface area (Å²) < 4.78 is 5.47. The third-order valence-corrected chi connectivity index (χ3v) is 3.23. The Morgan fingerprint density at radius 2 is 2.16 bits per heavy atom. The molecule has 0 spiro atoms. The Kier molecular flexibility index (Phi) is 4.04. The van der Waals surface area contributed by atoms with Gasteiger partial charge in [0, 0.05) is 13.1 Å². The monoisotopic (exact) mass is 262 g/mol. The highest BCUT2D eigenvalue weighted by molar-refractivity contribution is 5.86. The van der Waals surface area contributed by atoms with E-state index in [4.69, 9.17) is 4.74 Å². The molecule has 0 saturated carbocycles. The van der Waals surface area contributed by atoms with Crippen molar-refractivity contribution in [1.29, 1.82) is 0 Å². The van der Waals surface area contributed by atoms with Crippen LogP contribution in [0.2, 0.25) is 0 Å². The van der Waals surface area contributed by atoms with Crippen LogP contribution in [0.5, 0.6) is 5.75 Å². The molecule has 0 aromatic heterocycles. The van der Waals surface area contributed by atoms with Crippen molar-refractivity contribution in [1.82, 2.24) is 10.2 Å². The summed E-state index contributed by atoms with van der Waals surface area (Å²) in [5.74, 6) is 0.400. The van der Waals surface area contributed by atoms with Crippen molar-refractivity contribution in [3.63, 3.8) is 0 Å². The summed E-state index contributed by atoms with van der Waals surface area (Å²) in [6, 6.07) is 5.72. The SMILES string of the molecule is Cc1ccc(OCC(=O)N2CCNC(=O)C2)cc1C. The average Bonchev–Trinajstić information content (AvgIpc) is 2.40. The standard InChI is InChI=1S/C14H18N2O3/c1-10-3-4-12(7-11(10)2)19-9-14(18)16-6-5-15-13(17)8-16/h3-4,7H,5-6,8-9H2,1-2H3,(H,15,17). The van der Waals surface area contributed by atoms with E-state index in [9.17, 15) is 9.59 Å². The molecule has 5 heteroatoms. The molecule has 19 heavy (non-hydrogen) atoms. The van der Waals surface area contributed by atoms with Gasteiger partial charge in [0.25, 0.3) is 5.91 Å². The quantitative estimate of drug-likeness (QED) is 0.869. The van der Waals surface area contributed by atoms with Crippen molar-refractivity contribution in [3.8, 4) is 5.75 Å². The van der Waals surface area contributed by atoms with E-state index < -0.39 is 0 Å². The summed E-state index contributed by atoms with van der Waals surface area (Å²) in [6.07, 6.45) is 0. The number of aryl methyl sites for hydroxylation is 2. The Balaban J connectivity index is 1.89. The zero-order valence-corrected chi connectivity index (χ0v) is 11.2. The molecule has 1 aliphatic heterocycles. The van der Waals surface area contributed by atoms with Crippen molar-refractivity contribution in [2.24, 2.45) is 0 Å². The molecule has 1 saturated heterocycles. The zero-order valence-electron chi connectivity index (χ0n) is 11.2. The molecule has 1 heterocycles. The van der Waals surface area contributed by atoms with Crippen LogP contribution in [-0.4, -0.2) is 43.0 Å². The molecule has 0 bridgehead atoms. The molecule has 102 valence electrons. The lowest BCUT2D eigenvalue weighted by molar-refractivity contribution is -0.139. The molecule has 1 N–H and O–H groups in total. The number of hydrogen-bond donors (Lipinski definition) is 1. The lowest BCUT2D eigenvalue weighted by atomic mass is 10.1. The Morgan fingerprint density at radius 1 is 1.37 bits per heavy atom. The minimum atomic E-state index is -0.159. The number of ether oxygens (including phenoxy) is 1. The lowest BCUT2D eigenvalue weighted by Crippen LogP contribution is -2.51. The second kappa shape index (κ2) is 5.73. The van der Waals surface area contributed by atoms with Gasteiger partial charge >= 0.3 is 0 Å². The molecule has 0 radical (unpaired) electrons. The Bertz CT molecular complexity index is 499. The second-order valence-corrected chi connectivity index (χ2v) is 4.70. The van der Waals surface area contributed by atoms with Crippen molar-refractivity contribution in [2.75, 3.05) is 26.2 Å². The smallest absolute Gasteiger partial charge is 0.261 e. The first-order valence-electron chi connectivity index (χ1n) is 6.31. The Labute approximate surface area is 112 Å². The number of benzene rings is 1. The largest absolute Gasteiger partial charge is 0.484 e. The van der Waals surface area contributed by atoms with Gasteiger partial charge in [0.1, 0.15) is 5.75 Å². The van der Waals surface area contributed by atoms with Crippen LogP contribution in [0, 0.1) is 13.8 Å². The first kappa shape index (κ1) is 13.4. The van der Waals surface area contributed by atoms with Gasteiger partial charge in [-0.15, -0.1) is 0 Å². The fourth-order valence-corrected chi connectivity index (χ4v) is 1.89. The van der Waals surface area contributed by atoms with Crippen molar-refractivity contribution in [2.45, 2.75) is 13.8 Å². The van der Waals surface area contributed by atoms with E-state index >= 15 is 0 Å². The number of carbonyl (C=O) groups excluding carboxylic acids is 2. The number of amides is 2. The van der Waals surface area contributed by atoms with Crippen LogP contribution in [0.15, 0.2) is 18.2 Å². The van der Waals surface area contributed by atoms with Crippen LogP contribution < -0.4 is 10.1 Å². The number of carbonyl (C=O) groups is 2. The molecule has 1 aromatic carbocycles. The number of nitrogens with zero attached hydrogens (tertiary/aromatic N) is 1. The predicted molar refractivity (Wildman–Crippen MR) is 71.0 cm³/mol. The van der Waals surface area contributed by atoms with Gasteiger partial charge in [-0.05, 0) is 37.1 Å². The molecule has 0 atom stereocenters. The van der Waals surface area contributed by atoms with Crippen molar-refractivity contribution in [3.05, 3.63) is 29.3 Å². The molecule has 0 unspecified atom stereocenters. The fraction of sp³-hybridized carbons (Fsp3) is 0.429. The number of rotatable bonds is 3. The summed E-state index contributed by atoms with van der Waals surface area (Å²) in [5, 5.41) is 2.68. The summed E-state index contributed by atoms with van der Waals surface area (Å²) >= 11 is 0. The zero-order chi connectivity index (χ0) is 13.8. The molecule has 0 aliphatic carbocycles. The van der Waals surface area contributed by atoms with Crippen LogP contribution in [0.25, 0.3) is 0 Å². The molecule has 2 amide bonds.